The summed E-state index contributed by atoms with van der Waals surface area (Å²) in [4.78, 5) is 22.0. The van der Waals surface area contributed by atoms with Gasteiger partial charge in [-0.3, -0.25) is 10.1 Å². The van der Waals surface area contributed by atoms with E-state index in [0.717, 1.165) is 0 Å². The van der Waals surface area contributed by atoms with Crippen molar-refractivity contribution in [2.75, 3.05) is 0 Å². The predicted octanol–water partition coefficient (Wildman–Crippen LogP) is 0.809. The van der Waals surface area contributed by atoms with Crippen molar-refractivity contribution in [3.05, 3.63) is 0 Å². The lowest BCUT2D eigenvalue weighted by atomic mass is 10.2. The number of rotatable bonds is 2. The predicted molar refractivity (Wildman–Crippen MR) is 50.7 cm³/mol. The van der Waals surface area contributed by atoms with Crippen LogP contribution in [-0.2, 0) is 9.53 Å². The SMILES string of the molecule is C[C@H](O)CC(=O)NC(=O)OC(C)(C)C. The number of aliphatic hydroxyl groups excluding tert-OH is 1. The molecule has 0 unspecified atom stereocenters. The minimum atomic E-state index is -0.789. The number of carbonyl (C=O) groups is 2. The van der Waals surface area contributed by atoms with Gasteiger partial charge in [0, 0.05) is 0 Å². The summed E-state index contributed by atoms with van der Waals surface area (Å²) in [6.45, 7) is 6.57. The van der Waals surface area contributed by atoms with Crippen molar-refractivity contribution in [3.63, 3.8) is 0 Å². The van der Waals surface area contributed by atoms with Crippen LogP contribution in [0, 0.1) is 0 Å². The third-order valence-corrected chi connectivity index (χ3v) is 1.12. The van der Waals surface area contributed by atoms with Gasteiger partial charge in [0.2, 0.25) is 5.91 Å². The van der Waals surface area contributed by atoms with Gasteiger partial charge in [-0.1, -0.05) is 0 Å². The quantitative estimate of drug-likeness (QED) is 0.696. The summed E-state index contributed by atoms with van der Waals surface area (Å²) in [5.74, 6) is -0.547. The van der Waals surface area contributed by atoms with Crippen molar-refractivity contribution in [1.82, 2.24) is 5.32 Å². The Hall–Kier alpha value is -1.10. The second kappa shape index (κ2) is 4.95. The first-order chi connectivity index (χ1) is 6.20. The molecule has 2 amide bonds. The molecule has 0 spiro atoms. The summed E-state index contributed by atoms with van der Waals surface area (Å²) >= 11 is 0. The van der Waals surface area contributed by atoms with Crippen LogP contribution in [-0.4, -0.2) is 28.8 Å². The normalized spacial score (nSPS) is 13.2. The van der Waals surface area contributed by atoms with Gasteiger partial charge in [-0.2, -0.15) is 0 Å². The van der Waals surface area contributed by atoms with Gasteiger partial charge in [0.15, 0.2) is 0 Å². The number of hydrogen-bond acceptors (Lipinski definition) is 4. The first-order valence-electron chi connectivity index (χ1n) is 4.41. The smallest absolute Gasteiger partial charge is 0.414 e. The minimum Gasteiger partial charge on any atom is -0.444 e. The van der Waals surface area contributed by atoms with E-state index in [2.05, 4.69) is 0 Å². The van der Waals surface area contributed by atoms with Crippen LogP contribution >= 0.6 is 0 Å². The summed E-state index contributed by atoms with van der Waals surface area (Å²) in [5.41, 5.74) is -0.630. The average molecular weight is 203 g/mol. The number of nitrogens with one attached hydrogen (secondary N) is 1. The Bertz CT molecular complexity index is 217. The number of aliphatic hydroxyl groups is 1. The molecule has 0 aliphatic carbocycles. The summed E-state index contributed by atoms with van der Waals surface area (Å²) in [6, 6.07) is 0. The van der Waals surface area contributed by atoms with E-state index in [-0.39, 0.29) is 6.42 Å². The molecule has 0 bridgehead atoms. The Morgan fingerprint density at radius 3 is 2.29 bits per heavy atom. The van der Waals surface area contributed by atoms with Gasteiger partial charge < -0.3 is 9.84 Å². The highest BCUT2D eigenvalue weighted by Crippen LogP contribution is 2.06. The summed E-state index contributed by atoms with van der Waals surface area (Å²) < 4.78 is 4.84. The lowest BCUT2D eigenvalue weighted by Gasteiger charge is -2.19. The lowest BCUT2D eigenvalue weighted by Crippen LogP contribution is -2.37. The molecule has 5 heteroatoms. The molecular weight excluding hydrogens is 186 g/mol. The Kier molecular flexibility index (Phi) is 4.56. The van der Waals surface area contributed by atoms with E-state index in [0.29, 0.717) is 0 Å². The fourth-order valence-corrected chi connectivity index (χ4v) is 0.737. The summed E-state index contributed by atoms with van der Waals surface area (Å²) in [5, 5.41) is 10.9. The van der Waals surface area contributed by atoms with Crippen molar-refractivity contribution in [2.45, 2.75) is 45.8 Å². The third-order valence-electron chi connectivity index (χ3n) is 1.12. The number of ether oxygens (including phenoxy) is 1. The molecule has 82 valence electrons. The summed E-state index contributed by atoms with van der Waals surface area (Å²) in [6.07, 6.45) is -1.67. The van der Waals surface area contributed by atoms with Gasteiger partial charge in [-0.15, -0.1) is 0 Å². The van der Waals surface area contributed by atoms with Crippen LogP contribution in [0.3, 0.4) is 0 Å². The van der Waals surface area contributed by atoms with Gasteiger partial charge in [0.25, 0.3) is 0 Å². The zero-order valence-electron chi connectivity index (χ0n) is 8.96. The van der Waals surface area contributed by atoms with Crippen LogP contribution in [0.25, 0.3) is 0 Å². The molecule has 0 heterocycles. The largest absolute Gasteiger partial charge is 0.444 e. The maximum Gasteiger partial charge on any atom is 0.414 e. The van der Waals surface area contributed by atoms with Crippen LogP contribution < -0.4 is 5.32 Å². The Balaban J connectivity index is 3.90. The number of carbonyl (C=O) groups excluding carboxylic acids is 2. The second-order valence-corrected chi connectivity index (χ2v) is 4.10. The monoisotopic (exact) mass is 203 g/mol. The maximum absolute atomic E-state index is 11.0. The molecule has 0 aliphatic rings. The first-order valence-corrected chi connectivity index (χ1v) is 4.41. The number of imide groups is 1. The molecule has 5 nitrogen and oxygen atoms in total. The number of amides is 2. The number of hydrogen-bond donors (Lipinski definition) is 2. The molecule has 0 aliphatic heterocycles. The Labute approximate surface area is 83.4 Å². The maximum atomic E-state index is 11.0. The van der Waals surface area contributed by atoms with Crippen LogP contribution in [0.1, 0.15) is 34.1 Å². The molecule has 14 heavy (non-hydrogen) atoms. The molecule has 1 atom stereocenters. The Morgan fingerprint density at radius 1 is 1.43 bits per heavy atom. The number of alkyl carbamates (subject to hydrolysis) is 1. The lowest BCUT2D eigenvalue weighted by molar-refractivity contribution is -0.122. The average Bonchev–Trinajstić information content (AvgIpc) is 1.77. The molecule has 0 aromatic carbocycles. The van der Waals surface area contributed by atoms with E-state index in [1.807, 2.05) is 5.32 Å². The van der Waals surface area contributed by atoms with Crippen LogP contribution in [0.2, 0.25) is 0 Å². The van der Waals surface area contributed by atoms with E-state index in [1.165, 1.54) is 6.92 Å². The van der Waals surface area contributed by atoms with Crippen molar-refractivity contribution < 1.29 is 19.4 Å². The van der Waals surface area contributed by atoms with E-state index >= 15 is 0 Å². The zero-order chi connectivity index (χ0) is 11.4. The van der Waals surface area contributed by atoms with Crippen molar-refractivity contribution in [2.24, 2.45) is 0 Å². The van der Waals surface area contributed by atoms with Crippen LogP contribution in [0.5, 0.6) is 0 Å². The van der Waals surface area contributed by atoms with E-state index < -0.39 is 23.7 Å². The molecule has 2 N–H and O–H groups in total. The molecule has 0 saturated heterocycles. The topological polar surface area (TPSA) is 75.6 Å². The molecule has 0 rings (SSSR count). The highest BCUT2D eigenvalue weighted by Gasteiger charge is 2.18. The zero-order valence-corrected chi connectivity index (χ0v) is 8.96. The van der Waals surface area contributed by atoms with Crippen LogP contribution in [0.4, 0.5) is 4.79 Å². The van der Waals surface area contributed by atoms with Crippen molar-refractivity contribution >= 4 is 12.0 Å². The molecule has 0 radical (unpaired) electrons. The molecular formula is C9H17NO4. The second-order valence-electron chi connectivity index (χ2n) is 4.10. The highest BCUT2D eigenvalue weighted by atomic mass is 16.6. The van der Waals surface area contributed by atoms with Crippen molar-refractivity contribution in [1.29, 1.82) is 0 Å². The van der Waals surface area contributed by atoms with E-state index in [9.17, 15) is 9.59 Å². The van der Waals surface area contributed by atoms with Gasteiger partial charge >= 0.3 is 6.09 Å². The highest BCUT2D eigenvalue weighted by molar-refractivity contribution is 5.92. The fourth-order valence-electron chi connectivity index (χ4n) is 0.737. The van der Waals surface area contributed by atoms with Gasteiger partial charge in [-0.25, -0.2) is 4.79 Å². The van der Waals surface area contributed by atoms with E-state index in [4.69, 9.17) is 9.84 Å². The molecule has 0 aromatic rings. The summed E-state index contributed by atoms with van der Waals surface area (Å²) in [7, 11) is 0. The van der Waals surface area contributed by atoms with Gasteiger partial charge in [-0.05, 0) is 27.7 Å². The first kappa shape index (κ1) is 12.9. The standard InChI is InChI=1S/C9H17NO4/c1-6(11)5-7(12)10-8(13)14-9(2,3)4/h6,11H,5H2,1-4H3,(H,10,12,13)/t6-/m0/s1. The molecule has 0 aromatic heterocycles. The Morgan fingerprint density at radius 2 is 1.93 bits per heavy atom. The van der Waals surface area contributed by atoms with Gasteiger partial charge in [0.1, 0.15) is 5.60 Å². The van der Waals surface area contributed by atoms with Crippen molar-refractivity contribution in [3.8, 4) is 0 Å². The molecule has 0 fully saturated rings. The van der Waals surface area contributed by atoms with E-state index in [1.54, 1.807) is 20.8 Å². The fraction of sp³-hybridized carbons (Fsp3) is 0.778. The third kappa shape index (κ3) is 7.54. The molecule has 0 saturated carbocycles. The van der Waals surface area contributed by atoms with Gasteiger partial charge in [0.05, 0.1) is 12.5 Å². The minimum absolute atomic E-state index is 0.112. The van der Waals surface area contributed by atoms with Crippen LogP contribution in [0.15, 0.2) is 0 Å².